The molecule has 11 heteroatoms. The second-order valence-electron chi connectivity index (χ2n) is 6.68. The molecular formula is C14H27N5O6. The fourth-order valence-electron chi connectivity index (χ4n) is 2.30. The van der Waals surface area contributed by atoms with Gasteiger partial charge in [-0.15, -0.1) is 10.1 Å². The standard InChI is InChI=1S/C8H17N3O4.C6H10N2O2/c1-8(2,3)15-7(12)9-5-6-14-11(4)10-13;9-6-7-3-1-2-5(4-7)8(6)10/h5-6H2,1-4H3,(H,9,12);5,10H,1-4H2. The highest BCUT2D eigenvalue weighted by Crippen LogP contribution is 2.22. The van der Waals surface area contributed by atoms with Crippen molar-refractivity contribution in [1.29, 1.82) is 0 Å². The molecule has 1 unspecified atom stereocenters. The van der Waals surface area contributed by atoms with Crippen molar-refractivity contribution in [2.75, 3.05) is 33.3 Å². The maximum absolute atomic E-state index is 11.1. The van der Waals surface area contributed by atoms with Crippen LogP contribution in [0.2, 0.25) is 0 Å². The third kappa shape index (κ3) is 7.52. The van der Waals surface area contributed by atoms with Crippen LogP contribution in [-0.2, 0) is 9.57 Å². The van der Waals surface area contributed by atoms with Gasteiger partial charge < -0.3 is 15.0 Å². The molecule has 0 saturated carbocycles. The van der Waals surface area contributed by atoms with Crippen molar-refractivity contribution in [3.05, 3.63) is 4.91 Å². The number of hydrogen-bond acceptors (Lipinski definition) is 7. The molecule has 2 saturated heterocycles. The summed E-state index contributed by atoms with van der Waals surface area (Å²) in [4.78, 5) is 38.4. The van der Waals surface area contributed by atoms with Gasteiger partial charge in [-0.25, -0.2) is 14.7 Å². The molecule has 0 radical (unpaired) electrons. The first kappa shape index (κ1) is 20.9. The van der Waals surface area contributed by atoms with Crippen LogP contribution in [0.4, 0.5) is 9.59 Å². The van der Waals surface area contributed by atoms with E-state index in [2.05, 4.69) is 10.6 Å². The molecule has 144 valence electrons. The van der Waals surface area contributed by atoms with Crippen LogP contribution in [0.3, 0.4) is 0 Å². The molecule has 2 aliphatic heterocycles. The van der Waals surface area contributed by atoms with Crippen molar-refractivity contribution >= 4 is 12.1 Å². The Bertz CT molecular complexity index is 465. The molecule has 0 aromatic heterocycles. The first-order valence-corrected chi connectivity index (χ1v) is 8.08. The van der Waals surface area contributed by atoms with Crippen LogP contribution in [0.15, 0.2) is 5.29 Å². The number of rotatable bonds is 5. The number of carbonyl (C=O) groups excluding carboxylic acids is 2. The number of carbonyl (C=O) groups is 2. The van der Waals surface area contributed by atoms with Crippen molar-refractivity contribution in [3.8, 4) is 0 Å². The molecule has 2 heterocycles. The molecule has 25 heavy (non-hydrogen) atoms. The van der Waals surface area contributed by atoms with Gasteiger partial charge in [0.15, 0.2) is 0 Å². The second kappa shape index (κ2) is 9.37. The van der Waals surface area contributed by atoms with Gasteiger partial charge in [-0.3, -0.25) is 10.0 Å². The highest BCUT2D eigenvalue weighted by atomic mass is 16.7. The van der Waals surface area contributed by atoms with Crippen LogP contribution in [0.1, 0.15) is 33.6 Å². The summed E-state index contributed by atoms with van der Waals surface area (Å²) in [6, 6.07) is -0.149. The van der Waals surface area contributed by atoms with E-state index in [1.807, 2.05) is 0 Å². The lowest BCUT2D eigenvalue weighted by Gasteiger charge is -2.19. The smallest absolute Gasteiger partial charge is 0.407 e. The van der Waals surface area contributed by atoms with Crippen molar-refractivity contribution in [3.63, 3.8) is 0 Å². The number of nitroso groups, excluding NO2 is 1. The number of nitrogens with zero attached hydrogens (tertiary/aromatic N) is 4. The minimum atomic E-state index is -0.522. The summed E-state index contributed by atoms with van der Waals surface area (Å²) in [5.74, 6) is 0. The SMILES string of the molecule is CN(N=O)OCCNC(=O)OC(C)(C)C.O=C1N2CCCC(C2)N1O. The number of amides is 3. The Labute approximate surface area is 146 Å². The molecule has 1 atom stereocenters. The van der Waals surface area contributed by atoms with E-state index in [-0.39, 0.29) is 25.2 Å². The quantitative estimate of drug-likeness (QED) is 0.328. The lowest BCUT2D eigenvalue weighted by Crippen LogP contribution is -2.34. The third-order valence-electron chi connectivity index (χ3n) is 3.37. The zero-order chi connectivity index (χ0) is 19.0. The molecule has 2 bridgehead atoms. The molecule has 2 N–H and O–H groups in total. The lowest BCUT2D eigenvalue weighted by atomic mass is 10.1. The summed E-state index contributed by atoms with van der Waals surface area (Å²) in [6.07, 6.45) is 1.44. The zero-order valence-corrected chi connectivity index (χ0v) is 15.1. The van der Waals surface area contributed by atoms with Gasteiger partial charge in [0, 0.05) is 19.6 Å². The van der Waals surface area contributed by atoms with Gasteiger partial charge in [0.1, 0.15) is 5.60 Å². The van der Waals surface area contributed by atoms with Crippen LogP contribution in [0, 0.1) is 4.91 Å². The maximum Gasteiger partial charge on any atom is 0.407 e. The average Bonchev–Trinajstić information content (AvgIpc) is 2.73. The van der Waals surface area contributed by atoms with E-state index in [0.29, 0.717) is 0 Å². The van der Waals surface area contributed by atoms with Gasteiger partial charge in [-0.05, 0) is 33.6 Å². The zero-order valence-electron chi connectivity index (χ0n) is 15.1. The number of alkyl carbamates (subject to hydrolysis) is 1. The van der Waals surface area contributed by atoms with Crippen molar-refractivity contribution in [2.24, 2.45) is 5.29 Å². The molecule has 3 amide bonds. The van der Waals surface area contributed by atoms with E-state index in [1.165, 1.54) is 7.05 Å². The molecular weight excluding hydrogens is 334 g/mol. The van der Waals surface area contributed by atoms with Crippen LogP contribution in [0.5, 0.6) is 0 Å². The molecule has 2 aliphatic rings. The summed E-state index contributed by atoms with van der Waals surface area (Å²) in [7, 11) is 1.36. The number of hydroxylamine groups is 3. The number of fused-ring (bicyclic) bond motifs is 2. The Balaban J connectivity index is 0.000000267. The van der Waals surface area contributed by atoms with Crippen LogP contribution in [-0.4, -0.2) is 77.4 Å². The molecule has 2 fully saturated rings. The topological polar surface area (TPSA) is 124 Å². The molecule has 2 rings (SSSR count). The monoisotopic (exact) mass is 361 g/mol. The highest BCUT2D eigenvalue weighted by molar-refractivity contribution is 5.76. The summed E-state index contributed by atoms with van der Waals surface area (Å²) >= 11 is 0. The van der Waals surface area contributed by atoms with Crippen molar-refractivity contribution in [2.45, 2.75) is 45.3 Å². The minimum Gasteiger partial charge on any atom is -0.444 e. The first-order chi connectivity index (χ1) is 11.6. The van der Waals surface area contributed by atoms with Gasteiger partial charge in [-0.2, -0.15) is 0 Å². The van der Waals surface area contributed by atoms with Gasteiger partial charge in [0.25, 0.3) is 0 Å². The predicted molar refractivity (Wildman–Crippen MR) is 87.4 cm³/mol. The fourth-order valence-corrected chi connectivity index (χ4v) is 2.30. The van der Waals surface area contributed by atoms with E-state index >= 15 is 0 Å². The minimum absolute atomic E-state index is 0.0706. The summed E-state index contributed by atoms with van der Waals surface area (Å²) < 4.78 is 4.97. The fraction of sp³-hybridized carbons (Fsp3) is 0.857. The predicted octanol–water partition coefficient (Wildman–Crippen LogP) is 1.33. The Kier molecular flexibility index (Phi) is 7.84. The van der Waals surface area contributed by atoms with Gasteiger partial charge in [-0.1, -0.05) is 0 Å². The maximum atomic E-state index is 11.1. The Morgan fingerprint density at radius 3 is 2.68 bits per heavy atom. The molecule has 0 aromatic carbocycles. The number of piperidine rings is 1. The van der Waals surface area contributed by atoms with Gasteiger partial charge in [0.05, 0.1) is 25.0 Å². The van der Waals surface area contributed by atoms with E-state index in [1.54, 1.807) is 25.7 Å². The first-order valence-electron chi connectivity index (χ1n) is 8.08. The van der Waals surface area contributed by atoms with E-state index in [9.17, 15) is 14.5 Å². The Morgan fingerprint density at radius 1 is 1.48 bits per heavy atom. The van der Waals surface area contributed by atoms with Gasteiger partial charge >= 0.3 is 12.1 Å². The van der Waals surface area contributed by atoms with Crippen molar-refractivity contribution in [1.82, 2.24) is 20.5 Å². The number of urea groups is 1. The van der Waals surface area contributed by atoms with E-state index in [4.69, 9.17) is 14.8 Å². The number of nitrogens with one attached hydrogen (secondary N) is 1. The van der Waals surface area contributed by atoms with Crippen molar-refractivity contribution < 1.29 is 24.4 Å². The van der Waals surface area contributed by atoms with E-state index < -0.39 is 11.7 Å². The Hall–Kier alpha value is -2.14. The lowest BCUT2D eigenvalue weighted by molar-refractivity contribution is -0.138. The summed E-state index contributed by atoms with van der Waals surface area (Å²) in [6.45, 7) is 7.24. The molecule has 0 spiro atoms. The largest absolute Gasteiger partial charge is 0.444 e. The van der Waals surface area contributed by atoms with E-state index in [0.717, 1.165) is 36.2 Å². The molecule has 11 nitrogen and oxygen atoms in total. The normalized spacial score (nSPS) is 19.1. The molecule has 0 aliphatic carbocycles. The average molecular weight is 361 g/mol. The number of hydrogen-bond donors (Lipinski definition) is 2. The molecule has 0 aromatic rings. The Morgan fingerprint density at radius 2 is 2.16 bits per heavy atom. The van der Waals surface area contributed by atoms with Crippen LogP contribution < -0.4 is 5.32 Å². The second-order valence-corrected chi connectivity index (χ2v) is 6.68. The van der Waals surface area contributed by atoms with Crippen LogP contribution >= 0.6 is 0 Å². The number of ether oxygens (including phenoxy) is 1. The van der Waals surface area contributed by atoms with Crippen LogP contribution in [0.25, 0.3) is 0 Å². The third-order valence-corrected chi connectivity index (χ3v) is 3.37. The highest BCUT2D eigenvalue weighted by Gasteiger charge is 2.38. The summed E-state index contributed by atoms with van der Waals surface area (Å²) in [5, 5.41) is 15.7. The summed E-state index contributed by atoms with van der Waals surface area (Å²) in [5.41, 5.74) is -0.522. The van der Waals surface area contributed by atoms with Gasteiger partial charge in [0.2, 0.25) is 0 Å².